The van der Waals surface area contributed by atoms with Crippen molar-refractivity contribution in [3.8, 4) is 0 Å². The van der Waals surface area contributed by atoms with Crippen LogP contribution >= 0.6 is 0 Å². The number of hydrogen-bond donors (Lipinski definition) is 2. The number of sulfonamides is 1. The van der Waals surface area contributed by atoms with Gasteiger partial charge in [-0.2, -0.15) is 0 Å². The second-order valence-corrected chi connectivity index (χ2v) is 13.7. The number of fused-ring (bicyclic) bond motifs is 3. The lowest BCUT2D eigenvalue weighted by Gasteiger charge is -2.20. The highest BCUT2D eigenvalue weighted by atomic mass is 32.2. The van der Waals surface area contributed by atoms with Crippen LogP contribution in [0.1, 0.15) is 49.9 Å². The molecule has 184 valence electrons. The van der Waals surface area contributed by atoms with Gasteiger partial charge >= 0.3 is 0 Å². The Bertz CT molecular complexity index is 1700. The maximum absolute atomic E-state index is 13.7. The summed E-state index contributed by atoms with van der Waals surface area (Å²) in [6, 6.07) is 8.58. The predicted molar refractivity (Wildman–Crippen MR) is 129 cm³/mol. The van der Waals surface area contributed by atoms with E-state index in [0.717, 1.165) is 0 Å². The number of nitrogens with zero attached hydrogens (tertiary/aromatic N) is 4. The molecule has 35 heavy (non-hydrogen) atoms. The smallest absolute Gasteiger partial charge is 0.228 e. The van der Waals surface area contributed by atoms with Crippen LogP contribution in [0.15, 0.2) is 46.5 Å². The third-order valence-corrected chi connectivity index (χ3v) is 11.6. The summed E-state index contributed by atoms with van der Waals surface area (Å²) in [7, 11) is -7.64. The molecular formula is C23H26N6O4S2. The Balaban J connectivity index is 1.52. The standard InChI is InChI=1S/C23H26N6O4S2/c1-13-5-3-4-6-18(13)34(30,31)22-21-28-27-20(29(21)17-7-10-25-19(17)26-22)16-12-15(11-14(16)2)23(8-9-23)35(24,32)33/h3-7,10,14-16,25H,8-9,11-12H2,1-2H3,(H2,24,32,33). The average molecular weight is 515 g/mol. The zero-order valence-electron chi connectivity index (χ0n) is 19.3. The van der Waals surface area contributed by atoms with Crippen LogP contribution in [-0.4, -0.2) is 46.1 Å². The fraction of sp³-hybridized carbons (Fsp3) is 0.435. The fourth-order valence-corrected chi connectivity index (χ4v) is 8.78. The van der Waals surface area contributed by atoms with E-state index < -0.39 is 24.6 Å². The van der Waals surface area contributed by atoms with Crippen LogP contribution in [0.4, 0.5) is 0 Å². The first kappa shape index (κ1) is 22.6. The highest BCUT2D eigenvalue weighted by molar-refractivity contribution is 7.91. The minimum absolute atomic E-state index is 0.0661. The molecule has 3 heterocycles. The maximum Gasteiger partial charge on any atom is 0.228 e. The van der Waals surface area contributed by atoms with Crippen molar-refractivity contribution in [1.82, 2.24) is 24.6 Å². The predicted octanol–water partition coefficient (Wildman–Crippen LogP) is 2.70. The molecule has 0 spiro atoms. The number of nitrogens with one attached hydrogen (secondary N) is 1. The molecule has 2 aliphatic carbocycles. The molecule has 10 nitrogen and oxygen atoms in total. The van der Waals surface area contributed by atoms with Gasteiger partial charge in [-0.25, -0.2) is 27.0 Å². The monoisotopic (exact) mass is 514 g/mol. The van der Waals surface area contributed by atoms with E-state index in [1.807, 2.05) is 6.07 Å². The van der Waals surface area contributed by atoms with Crippen LogP contribution in [-0.2, 0) is 19.9 Å². The third-order valence-electron chi connectivity index (χ3n) is 7.94. The van der Waals surface area contributed by atoms with Crippen molar-refractivity contribution in [1.29, 1.82) is 0 Å². The summed E-state index contributed by atoms with van der Waals surface area (Å²) < 4.78 is 53.0. The van der Waals surface area contributed by atoms with Crippen LogP contribution in [0.3, 0.4) is 0 Å². The molecule has 3 atom stereocenters. The van der Waals surface area contributed by atoms with Crippen LogP contribution in [0.25, 0.3) is 16.8 Å². The van der Waals surface area contributed by atoms with Crippen LogP contribution in [0, 0.1) is 18.8 Å². The van der Waals surface area contributed by atoms with Gasteiger partial charge in [0.05, 0.1) is 15.2 Å². The number of aromatic nitrogens is 5. The van der Waals surface area contributed by atoms with Gasteiger partial charge in [0, 0.05) is 12.1 Å². The van der Waals surface area contributed by atoms with E-state index in [1.54, 1.807) is 41.8 Å². The molecule has 2 fully saturated rings. The van der Waals surface area contributed by atoms with Crippen molar-refractivity contribution in [2.24, 2.45) is 17.0 Å². The van der Waals surface area contributed by atoms with Gasteiger partial charge in [0.25, 0.3) is 0 Å². The summed E-state index contributed by atoms with van der Waals surface area (Å²) in [5.74, 6) is 0.589. The number of nitrogens with two attached hydrogens (primary N) is 1. The van der Waals surface area contributed by atoms with Crippen molar-refractivity contribution in [2.75, 3.05) is 0 Å². The molecule has 0 bridgehead atoms. The van der Waals surface area contributed by atoms with Gasteiger partial charge < -0.3 is 4.98 Å². The largest absolute Gasteiger partial charge is 0.345 e. The summed E-state index contributed by atoms with van der Waals surface area (Å²) in [4.78, 5) is 7.64. The number of aromatic amines is 1. The summed E-state index contributed by atoms with van der Waals surface area (Å²) >= 11 is 0. The van der Waals surface area contributed by atoms with Crippen molar-refractivity contribution >= 4 is 36.7 Å². The van der Waals surface area contributed by atoms with E-state index in [9.17, 15) is 16.8 Å². The molecule has 4 aromatic rings. The Morgan fingerprint density at radius 1 is 1.09 bits per heavy atom. The quantitative estimate of drug-likeness (QED) is 0.415. The zero-order valence-corrected chi connectivity index (χ0v) is 21.0. The lowest BCUT2D eigenvalue weighted by atomic mass is 9.97. The van der Waals surface area contributed by atoms with Gasteiger partial charge in [-0.3, -0.25) is 4.40 Å². The molecule has 6 rings (SSSR count). The van der Waals surface area contributed by atoms with Crippen molar-refractivity contribution in [3.05, 3.63) is 47.9 Å². The summed E-state index contributed by atoms with van der Waals surface area (Å²) in [5.41, 5.74) is 1.87. The molecule has 3 unspecified atom stereocenters. The van der Waals surface area contributed by atoms with Crippen molar-refractivity contribution < 1.29 is 16.8 Å². The van der Waals surface area contributed by atoms with Gasteiger partial charge in [-0.15, -0.1) is 10.2 Å². The fourth-order valence-electron chi connectivity index (χ4n) is 5.91. The number of hydrogen-bond acceptors (Lipinski definition) is 7. The van der Waals surface area contributed by atoms with E-state index in [1.165, 1.54) is 0 Å². The van der Waals surface area contributed by atoms with E-state index in [-0.39, 0.29) is 33.3 Å². The van der Waals surface area contributed by atoms with Gasteiger partial charge in [0.15, 0.2) is 11.3 Å². The Kier molecular flexibility index (Phi) is 4.74. The first-order chi connectivity index (χ1) is 16.5. The number of H-pyrrole nitrogens is 1. The lowest BCUT2D eigenvalue weighted by Crippen LogP contribution is -2.36. The van der Waals surface area contributed by atoms with Crippen molar-refractivity contribution in [3.63, 3.8) is 0 Å². The molecule has 0 amide bonds. The first-order valence-corrected chi connectivity index (χ1v) is 14.6. The highest BCUT2D eigenvalue weighted by Crippen LogP contribution is 2.58. The van der Waals surface area contributed by atoms with Gasteiger partial charge in [-0.05, 0) is 62.1 Å². The number of benzene rings is 1. The molecule has 0 saturated heterocycles. The Morgan fingerprint density at radius 3 is 2.51 bits per heavy atom. The summed E-state index contributed by atoms with van der Waals surface area (Å²) in [6.45, 7) is 3.82. The highest BCUT2D eigenvalue weighted by Gasteiger charge is 2.60. The molecule has 1 aromatic carbocycles. The average Bonchev–Trinajstić information content (AvgIpc) is 3.12. The molecular weight excluding hydrogens is 488 g/mol. The Labute approximate surface area is 202 Å². The van der Waals surface area contributed by atoms with Crippen LogP contribution in [0.5, 0.6) is 0 Å². The minimum Gasteiger partial charge on any atom is -0.345 e. The molecule has 2 saturated carbocycles. The first-order valence-electron chi connectivity index (χ1n) is 11.6. The Morgan fingerprint density at radius 2 is 1.83 bits per heavy atom. The second-order valence-electron chi connectivity index (χ2n) is 9.98. The normalized spacial score (nSPS) is 24.4. The summed E-state index contributed by atoms with van der Waals surface area (Å²) in [5, 5.41) is 14.2. The molecule has 3 aromatic heterocycles. The van der Waals surface area contributed by atoms with Crippen molar-refractivity contribution in [2.45, 2.75) is 60.1 Å². The van der Waals surface area contributed by atoms with E-state index in [2.05, 4.69) is 27.1 Å². The SMILES string of the molecule is Cc1ccccc1S(=O)(=O)c1nc2[nH]ccc2n2c(C3CC(C4(S(N)(=O)=O)CC4)CC3C)nnc12. The molecule has 3 N–H and O–H groups in total. The van der Waals surface area contributed by atoms with Gasteiger partial charge in [-0.1, -0.05) is 25.1 Å². The molecule has 0 aliphatic heterocycles. The molecule has 2 aliphatic rings. The number of sulfone groups is 1. The third kappa shape index (κ3) is 3.19. The number of rotatable bonds is 5. The van der Waals surface area contributed by atoms with E-state index in [0.29, 0.717) is 48.2 Å². The zero-order chi connectivity index (χ0) is 24.8. The summed E-state index contributed by atoms with van der Waals surface area (Å²) in [6.07, 6.45) is 4.19. The van der Waals surface area contributed by atoms with E-state index in [4.69, 9.17) is 5.14 Å². The lowest BCUT2D eigenvalue weighted by molar-refractivity contribution is 0.457. The topological polar surface area (TPSA) is 153 Å². The maximum atomic E-state index is 13.7. The second kappa shape index (κ2) is 7.34. The molecule has 12 heteroatoms. The van der Waals surface area contributed by atoms with Crippen LogP contribution < -0.4 is 5.14 Å². The van der Waals surface area contributed by atoms with E-state index >= 15 is 0 Å². The number of aryl methyl sites for hydroxylation is 1. The van der Waals surface area contributed by atoms with Gasteiger partial charge in [0.2, 0.25) is 24.9 Å². The number of primary sulfonamides is 1. The minimum atomic E-state index is -3.98. The van der Waals surface area contributed by atoms with Gasteiger partial charge in [0.1, 0.15) is 5.82 Å². The van der Waals surface area contributed by atoms with Crippen LogP contribution in [0.2, 0.25) is 0 Å². The Hall–Kier alpha value is -2.83. The molecule has 0 radical (unpaired) electrons.